The number of hydrogen-bond acceptors (Lipinski definition) is 4. The van der Waals surface area contributed by atoms with Gasteiger partial charge in [-0.2, -0.15) is 0 Å². The molecule has 3 aromatic rings. The number of rotatable bonds is 9. The first-order valence-electron chi connectivity index (χ1n) is 11.1. The van der Waals surface area contributed by atoms with Gasteiger partial charge in [0.1, 0.15) is 11.6 Å². The highest BCUT2D eigenvalue weighted by molar-refractivity contribution is 5.76. The first-order valence-corrected chi connectivity index (χ1v) is 11.1. The molecular weight excluding hydrogens is 390 g/mol. The summed E-state index contributed by atoms with van der Waals surface area (Å²) in [6.45, 7) is 2.94. The van der Waals surface area contributed by atoms with Crippen molar-refractivity contribution in [3.05, 3.63) is 59.9 Å². The van der Waals surface area contributed by atoms with Crippen molar-refractivity contribution in [2.75, 3.05) is 26.7 Å². The Kier molecular flexibility index (Phi) is 6.87. The van der Waals surface area contributed by atoms with Gasteiger partial charge in [0.25, 0.3) is 0 Å². The molecule has 2 unspecified atom stereocenters. The topological polar surface area (TPSA) is 78.4 Å². The maximum atomic E-state index is 11.4. The summed E-state index contributed by atoms with van der Waals surface area (Å²) in [5.74, 6) is 1.49. The van der Waals surface area contributed by atoms with Crippen LogP contribution in [0, 0.1) is 11.8 Å². The van der Waals surface area contributed by atoms with E-state index in [9.17, 15) is 9.90 Å². The fourth-order valence-corrected chi connectivity index (χ4v) is 4.75. The SMILES string of the molecule is COc1ccc2nc(CC3CN(CCCc4ccccc4)CCC3CC(=O)O)[nH]c2c1. The van der Waals surface area contributed by atoms with Gasteiger partial charge in [-0.3, -0.25) is 4.79 Å². The number of hydrogen-bond donors (Lipinski definition) is 2. The lowest BCUT2D eigenvalue weighted by molar-refractivity contribution is -0.139. The molecule has 6 heteroatoms. The molecule has 2 N–H and O–H groups in total. The third-order valence-corrected chi connectivity index (χ3v) is 6.39. The molecule has 4 rings (SSSR count). The van der Waals surface area contributed by atoms with Gasteiger partial charge in [0.2, 0.25) is 0 Å². The predicted octanol–water partition coefficient (Wildman–Crippen LogP) is 4.16. The van der Waals surface area contributed by atoms with Crippen LogP contribution in [-0.4, -0.2) is 52.7 Å². The smallest absolute Gasteiger partial charge is 0.303 e. The lowest BCUT2D eigenvalue weighted by Gasteiger charge is -2.38. The van der Waals surface area contributed by atoms with Gasteiger partial charge in [0, 0.05) is 25.5 Å². The van der Waals surface area contributed by atoms with Crippen LogP contribution in [0.1, 0.15) is 30.7 Å². The molecule has 1 fully saturated rings. The summed E-state index contributed by atoms with van der Waals surface area (Å²) in [6, 6.07) is 16.4. The van der Waals surface area contributed by atoms with Gasteiger partial charge in [0.05, 0.1) is 18.1 Å². The second-order valence-corrected chi connectivity index (χ2v) is 8.57. The minimum Gasteiger partial charge on any atom is -0.497 e. The Labute approximate surface area is 183 Å². The number of aromatic nitrogens is 2. The molecular formula is C25H31N3O3. The number of aromatic amines is 1. The Morgan fingerprint density at radius 3 is 2.84 bits per heavy atom. The Morgan fingerprint density at radius 1 is 1.23 bits per heavy atom. The normalized spacial score (nSPS) is 19.5. The fraction of sp³-hybridized carbons (Fsp3) is 0.440. The first kappa shape index (κ1) is 21.4. The van der Waals surface area contributed by atoms with Crippen molar-refractivity contribution in [3.63, 3.8) is 0 Å². The third-order valence-electron chi connectivity index (χ3n) is 6.39. The van der Waals surface area contributed by atoms with Gasteiger partial charge in [0.15, 0.2) is 0 Å². The number of nitrogens with zero attached hydrogens (tertiary/aromatic N) is 2. The molecule has 0 saturated carbocycles. The van der Waals surface area contributed by atoms with Crippen LogP contribution in [0.2, 0.25) is 0 Å². The van der Waals surface area contributed by atoms with E-state index in [2.05, 4.69) is 40.2 Å². The minimum atomic E-state index is -0.707. The molecule has 164 valence electrons. The van der Waals surface area contributed by atoms with Crippen molar-refractivity contribution in [2.24, 2.45) is 11.8 Å². The van der Waals surface area contributed by atoms with Crippen LogP contribution in [0.15, 0.2) is 48.5 Å². The van der Waals surface area contributed by atoms with Crippen molar-refractivity contribution < 1.29 is 14.6 Å². The Balaban J connectivity index is 1.41. The molecule has 2 atom stereocenters. The number of likely N-dealkylation sites (tertiary alicyclic amines) is 1. The zero-order valence-electron chi connectivity index (χ0n) is 18.1. The summed E-state index contributed by atoms with van der Waals surface area (Å²) in [4.78, 5) is 22.1. The summed E-state index contributed by atoms with van der Waals surface area (Å²) < 4.78 is 5.31. The lowest BCUT2D eigenvalue weighted by Crippen LogP contribution is -2.42. The molecule has 0 spiro atoms. The number of imidazole rings is 1. The maximum absolute atomic E-state index is 11.4. The van der Waals surface area contributed by atoms with E-state index in [-0.39, 0.29) is 18.3 Å². The number of carbonyl (C=O) groups is 1. The molecule has 0 radical (unpaired) electrons. The van der Waals surface area contributed by atoms with Crippen LogP contribution in [0.25, 0.3) is 11.0 Å². The lowest BCUT2D eigenvalue weighted by atomic mass is 9.81. The molecule has 2 heterocycles. The fourth-order valence-electron chi connectivity index (χ4n) is 4.75. The molecule has 1 aliphatic heterocycles. The van der Waals surface area contributed by atoms with E-state index in [4.69, 9.17) is 9.72 Å². The van der Waals surface area contributed by atoms with Gasteiger partial charge in [-0.1, -0.05) is 30.3 Å². The number of carboxylic acids is 1. The highest BCUT2D eigenvalue weighted by Gasteiger charge is 2.31. The van der Waals surface area contributed by atoms with Crippen LogP contribution < -0.4 is 4.74 Å². The van der Waals surface area contributed by atoms with Gasteiger partial charge in [-0.05, 0) is 61.9 Å². The number of nitrogens with one attached hydrogen (secondary N) is 1. The number of aryl methyl sites for hydroxylation is 1. The molecule has 1 aromatic heterocycles. The van der Waals surface area contributed by atoms with Crippen LogP contribution in [-0.2, 0) is 17.6 Å². The van der Waals surface area contributed by atoms with Crippen molar-refractivity contribution >= 4 is 17.0 Å². The van der Waals surface area contributed by atoms with Crippen molar-refractivity contribution in [1.29, 1.82) is 0 Å². The number of benzene rings is 2. The Morgan fingerprint density at radius 2 is 2.06 bits per heavy atom. The third kappa shape index (κ3) is 5.64. The van der Waals surface area contributed by atoms with E-state index >= 15 is 0 Å². The molecule has 0 aliphatic carbocycles. The summed E-state index contributed by atoms with van der Waals surface area (Å²) >= 11 is 0. The Hall–Kier alpha value is -2.86. The summed E-state index contributed by atoms with van der Waals surface area (Å²) in [5.41, 5.74) is 3.25. The van der Waals surface area contributed by atoms with Gasteiger partial charge in [-0.15, -0.1) is 0 Å². The number of aliphatic carboxylic acids is 1. The number of methoxy groups -OCH3 is 1. The highest BCUT2D eigenvalue weighted by atomic mass is 16.5. The van der Waals surface area contributed by atoms with Crippen LogP contribution in [0.5, 0.6) is 5.75 Å². The molecule has 1 saturated heterocycles. The number of H-pyrrole nitrogens is 1. The predicted molar refractivity (Wildman–Crippen MR) is 121 cm³/mol. The van der Waals surface area contributed by atoms with E-state index in [0.717, 1.165) is 67.9 Å². The maximum Gasteiger partial charge on any atom is 0.303 e. The minimum absolute atomic E-state index is 0.186. The molecule has 1 aliphatic rings. The van der Waals surface area contributed by atoms with E-state index < -0.39 is 5.97 Å². The van der Waals surface area contributed by atoms with E-state index in [1.54, 1.807) is 7.11 Å². The zero-order chi connectivity index (χ0) is 21.6. The molecule has 31 heavy (non-hydrogen) atoms. The number of fused-ring (bicyclic) bond motifs is 1. The monoisotopic (exact) mass is 421 g/mol. The van der Waals surface area contributed by atoms with Gasteiger partial charge in [-0.25, -0.2) is 4.98 Å². The summed E-state index contributed by atoms with van der Waals surface area (Å²) in [6.07, 6.45) is 4.12. The zero-order valence-corrected chi connectivity index (χ0v) is 18.1. The van der Waals surface area contributed by atoms with Crippen LogP contribution in [0.3, 0.4) is 0 Å². The highest BCUT2D eigenvalue weighted by Crippen LogP contribution is 2.30. The second kappa shape index (κ2) is 9.96. The largest absolute Gasteiger partial charge is 0.497 e. The van der Waals surface area contributed by atoms with Crippen LogP contribution >= 0.6 is 0 Å². The van der Waals surface area contributed by atoms with Crippen molar-refractivity contribution in [2.45, 2.75) is 32.1 Å². The second-order valence-electron chi connectivity index (χ2n) is 8.57. The van der Waals surface area contributed by atoms with Crippen molar-refractivity contribution in [3.8, 4) is 5.75 Å². The number of ether oxygens (including phenoxy) is 1. The molecule has 0 bridgehead atoms. The van der Waals surface area contributed by atoms with Gasteiger partial charge < -0.3 is 19.7 Å². The summed E-state index contributed by atoms with van der Waals surface area (Å²) in [5, 5.41) is 9.40. The van der Waals surface area contributed by atoms with Crippen LogP contribution in [0.4, 0.5) is 0 Å². The molecule has 6 nitrogen and oxygen atoms in total. The van der Waals surface area contributed by atoms with Gasteiger partial charge >= 0.3 is 5.97 Å². The molecule has 2 aromatic carbocycles. The quantitative estimate of drug-likeness (QED) is 0.542. The van der Waals surface area contributed by atoms with E-state index in [1.807, 2.05) is 18.2 Å². The molecule has 0 amide bonds. The van der Waals surface area contributed by atoms with E-state index in [1.165, 1.54) is 5.56 Å². The first-order chi connectivity index (χ1) is 15.1. The average Bonchev–Trinajstić information content (AvgIpc) is 3.17. The number of piperidine rings is 1. The Bertz CT molecular complexity index is 1000. The van der Waals surface area contributed by atoms with E-state index in [0.29, 0.717) is 0 Å². The number of carboxylic acid groups (broad SMARTS) is 1. The standard InChI is InChI=1S/C25H31N3O3/c1-31-21-9-10-22-23(16-21)27-24(26-22)14-20-17-28(13-11-19(20)15-25(29)30)12-5-8-18-6-3-2-4-7-18/h2-4,6-7,9-10,16,19-20H,5,8,11-15,17H2,1H3,(H,26,27)(H,29,30). The summed E-state index contributed by atoms with van der Waals surface area (Å²) in [7, 11) is 1.66. The van der Waals surface area contributed by atoms with Crippen molar-refractivity contribution in [1.82, 2.24) is 14.9 Å². The average molecular weight is 422 g/mol.